The molecule has 6 heteroatoms. The summed E-state index contributed by atoms with van der Waals surface area (Å²) in [6, 6.07) is 6.43. The Labute approximate surface area is 143 Å². The highest BCUT2D eigenvalue weighted by molar-refractivity contribution is 5.99. The largest absolute Gasteiger partial charge is 0.271 e. The highest BCUT2D eigenvalue weighted by Crippen LogP contribution is 2.06. The maximum Gasteiger partial charge on any atom is 0.271 e. The summed E-state index contributed by atoms with van der Waals surface area (Å²) in [4.78, 5) is 24.0. The zero-order valence-corrected chi connectivity index (χ0v) is 14.7. The third kappa shape index (κ3) is 7.67. The molecule has 1 rings (SSSR count). The molecule has 0 bridgehead atoms. The van der Waals surface area contributed by atoms with Gasteiger partial charge in [-0.3, -0.25) is 9.59 Å². The Kier molecular flexibility index (Phi) is 8.39. The van der Waals surface area contributed by atoms with Crippen molar-refractivity contribution >= 4 is 24.2 Å². The van der Waals surface area contributed by atoms with Gasteiger partial charge in [0.15, 0.2) is 0 Å². The van der Waals surface area contributed by atoms with Gasteiger partial charge >= 0.3 is 0 Å². The minimum Gasteiger partial charge on any atom is -0.267 e. The molecule has 0 aromatic heterocycles. The van der Waals surface area contributed by atoms with Crippen LogP contribution in [0.2, 0.25) is 0 Å². The molecule has 2 amide bonds. The minimum atomic E-state index is -0.354. The number of carbonyl (C=O) groups excluding carboxylic acids is 2. The van der Waals surface area contributed by atoms with Crippen molar-refractivity contribution in [2.75, 3.05) is 0 Å². The van der Waals surface area contributed by atoms with Crippen molar-refractivity contribution in [3.63, 3.8) is 0 Å². The lowest BCUT2D eigenvalue weighted by Gasteiger charge is -2.04. The van der Waals surface area contributed by atoms with Crippen molar-refractivity contribution in [3.8, 4) is 0 Å². The van der Waals surface area contributed by atoms with Gasteiger partial charge in [0, 0.05) is 23.6 Å². The van der Waals surface area contributed by atoms with E-state index in [1.807, 2.05) is 0 Å². The van der Waals surface area contributed by atoms with Crippen LogP contribution in [0.5, 0.6) is 0 Å². The zero-order valence-electron chi connectivity index (χ0n) is 14.7. The molecule has 0 atom stereocenters. The number of carbonyl (C=O) groups is 2. The van der Waals surface area contributed by atoms with Gasteiger partial charge in [0.1, 0.15) is 0 Å². The number of hydrazone groups is 2. The third-order valence-corrected chi connectivity index (χ3v) is 3.06. The Morgan fingerprint density at radius 2 is 1.33 bits per heavy atom. The van der Waals surface area contributed by atoms with E-state index in [0.29, 0.717) is 23.0 Å². The molecule has 1 aromatic rings. The number of amides is 2. The van der Waals surface area contributed by atoms with Crippen LogP contribution >= 0.6 is 0 Å². The van der Waals surface area contributed by atoms with Crippen molar-refractivity contribution in [1.82, 2.24) is 10.9 Å². The van der Waals surface area contributed by atoms with Crippen molar-refractivity contribution in [1.29, 1.82) is 0 Å². The number of hydrogen-bond donors (Lipinski definition) is 2. The Morgan fingerprint density at radius 3 is 1.71 bits per heavy atom. The van der Waals surface area contributed by atoms with Crippen LogP contribution in [0.25, 0.3) is 0 Å². The van der Waals surface area contributed by atoms with Gasteiger partial charge in [-0.2, -0.15) is 10.2 Å². The predicted octanol–water partition coefficient (Wildman–Crippen LogP) is 3.21. The van der Waals surface area contributed by atoms with Gasteiger partial charge in [0.2, 0.25) is 0 Å². The highest BCUT2D eigenvalue weighted by atomic mass is 16.2. The molecule has 0 radical (unpaired) electrons. The third-order valence-electron chi connectivity index (χ3n) is 3.06. The second-order valence-electron chi connectivity index (χ2n) is 6.35. The lowest BCUT2D eigenvalue weighted by molar-refractivity contribution is 0.0954. The first-order valence-corrected chi connectivity index (χ1v) is 8.14. The van der Waals surface area contributed by atoms with Crippen LogP contribution in [0.4, 0.5) is 0 Å². The fraction of sp³-hybridized carbons (Fsp3) is 0.444. The van der Waals surface area contributed by atoms with E-state index < -0.39 is 0 Å². The molecule has 0 unspecified atom stereocenters. The highest BCUT2D eigenvalue weighted by Gasteiger charge is 2.09. The molecule has 1 aromatic carbocycles. The molecule has 0 heterocycles. The second kappa shape index (κ2) is 10.3. The maximum absolute atomic E-state index is 12.0. The minimum absolute atomic E-state index is 0.354. The summed E-state index contributed by atoms with van der Waals surface area (Å²) in [6.45, 7) is 8.28. The van der Waals surface area contributed by atoms with Crippen molar-refractivity contribution < 1.29 is 9.59 Å². The summed E-state index contributed by atoms with van der Waals surface area (Å²) in [5, 5.41) is 7.78. The summed E-state index contributed by atoms with van der Waals surface area (Å²) in [5.74, 6) is 0.254. The van der Waals surface area contributed by atoms with Gasteiger partial charge in [0.05, 0.1) is 0 Å². The van der Waals surface area contributed by atoms with E-state index in [9.17, 15) is 9.59 Å². The van der Waals surface area contributed by atoms with Crippen LogP contribution < -0.4 is 10.9 Å². The average molecular weight is 330 g/mol. The molecule has 6 nitrogen and oxygen atoms in total. The van der Waals surface area contributed by atoms with E-state index in [-0.39, 0.29) is 11.8 Å². The van der Waals surface area contributed by atoms with Gasteiger partial charge in [-0.15, -0.1) is 0 Å². The Hall–Kier alpha value is -2.50. The molecule has 0 fully saturated rings. The molecular formula is C18H26N4O2. The predicted molar refractivity (Wildman–Crippen MR) is 97.3 cm³/mol. The fourth-order valence-corrected chi connectivity index (χ4v) is 1.67. The van der Waals surface area contributed by atoms with Crippen LogP contribution in [0, 0.1) is 11.8 Å². The molecule has 24 heavy (non-hydrogen) atoms. The molecule has 0 saturated heterocycles. The summed E-state index contributed by atoms with van der Waals surface area (Å²) in [7, 11) is 0. The summed E-state index contributed by atoms with van der Waals surface area (Å²) < 4.78 is 0. The van der Waals surface area contributed by atoms with E-state index in [4.69, 9.17) is 0 Å². The van der Waals surface area contributed by atoms with E-state index in [1.165, 1.54) is 6.07 Å². The molecule has 0 saturated carbocycles. The molecule has 0 aliphatic rings. The molecule has 2 N–H and O–H groups in total. The van der Waals surface area contributed by atoms with Crippen molar-refractivity contribution in [2.45, 2.75) is 40.5 Å². The van der Waals surface area contributed by atoms with Gasteiger partial charge in [-0.05, 0) is 42.9 Å². The molecular weight excluding hydrogens is 304 g/mol. The smallest absolute Gasteiger partial charge is 0.267 e. The first-order valence-electron chi connectivity index (χ1n) is 8.14. The van der Waals surface area contributed by atoms with Crippen LogP contribution in [-0.4, -0.2) is 24.2 Å². The Bertz CT molecular complexity index is 558. The summed E-state index contributed by atoms with van der Waals surface area (Å²) in [5.41, 5.74) is 5.65. The first-order chi connectivity index (χ1) is 11.4. The summed E-state index contributed by atoms with van der Waals surface area (Å²) in [6.07, 6.45) is 4.92. The van der Waals surface area contributed by atoms with Gasteiger partial charge in [-0.1, -0.05) is 33.8 Å². The SMILES string of the molecule is CC(C)CC=NNC(=O)c1cccc(C(=O)NN=CCC(C)C)c1. The van der Waals surface area contributed by atoms with Crippen molar-refractivity contribution in [3.05, 3.63) is 35.4 Å². The fourth-order valence-electron chi connectivity index (χ4n) is 1.67. The normalized spacial score (nSPS) is 11.6. The molecule has 0 spiro atoms. The van der Waals surface area contributed by atoms with E-state index in [1.54, 1.807) is 30.6 Å². The number of benzene rings is 1. The second-order valence-corrected chi connectivity index (χ2v) is 6.35. The average Bonchev–Trinajstić information content (AvgIpc) is 2.55. The lowest BCUT2D eigenvalue weighted by Crippen LogP contribution is -2.20. The van der Waals surface area contributed by atoms with Gasteiger partial charge in [0.25, 0.3) is 11.8 Å². The Balaban J connectivity index is 2.62. The zero-order chi connectivity index (χ0) is 17.9. The first kappa shape index (κ1) is 19.5. The Morgan fingerprint density at radius 1 is 0.917 bits per heavy atom. The number of nitrogens with zero attached hydrogens (tertiary/aromatic N) is 2. The van der Waals surface area contributed by atoms with Crippen LogP contribution in [-0.2, 0) is 0 Å². The van der Waals surface area contributed by atoms with Crippen LogP contribution in [0.1, 0.15) is 61.3 Å². The summed E-state index contributed by atoms with van der Waals surface area (Å²) >= 11 is 0. The van der Waals surface area contributed by atoms with Crippen LogP contribution in [0.3, 0.4) is 0 Å². The molecule has 0 aliphatic carbocycles. The number of rotatable bonds is 8. The van der Waals surface area contributed by atoms with E-state index in [2.05, 4.69) is 48.7 Å². The van der Waals surface area contributed by atoms with E-state index in [0.717, 1.165) is 12.8 Å². The topological polar surface area (TPSA) is 82.9 Å². The number of nitrogens with one attached hydrogen (secondary N) is 2. The van der Waals surface area contributed by atoms with Crippen LogP contribution in [0.15, 0.2) is 34.5 Å². The standard InChI is InChI=1S/C18H26N4O2/c1-13(2)8-10-19-21-17(23)15-6-5-7-16(12-15)18(24)22-20-11-9-14(3)4/h5-7,10-14H,8-9H2,1-4H3,(H,21,23)(H,22,24). The lowest BCUT2D eigenvalue weighted by atomic mass is 10.1. The molecule has 130 valence electrons. The van der Waals surface area contributed by atoms with Gasteiger partial charge < -0.3 is 0 Å². The number of hydrogen-bond acceptors (Lipinski definition) is 4. The van der Waals surface area contributed by atoms with E-state index >= 15 is 0 Å². The maximum atomic E-state index is 12.0. The monoisotopic (exact) mass is 330 g/mol. The van der Waals surface area contributed by atoms with Gasteiger partial charge in [-0.25, -0.2) is 10.9 Å². The molecule has 0 aliphatic heterocycles. The van der Waals surface area contributed by atoms with Crippen molar-refractivity contribution in [2.24, 2.45) is 22.0 Å². The quantitative estimate of drug-likeness (QED) is 0.567.